The molecule has 3 rings (SSSR count). The molecule has 0 amide bonds. The van der Waals surface area contributed by atoms with E-state index in [-0.39, 0.29) is 0 Å². The molecule has 2 heteroatoms. The van der Waals surface area contributed by atoms with Gasteiger partial charge >= 0.3 is 0 Å². The Hall–Kier alpha value is -1.12. The van der Waals surface area contributed by atoms with Gasteiger partial charge in [0.1, 0.15) is 0 Å². The lowest BCUT2D eigenvalue weighted by atomic mass is 9.75. The first-order chi connectivity index (χ1) is 11.5. The normalized spacial score (nSPS) is 18.9. The van der Waals surface area contributed by atoms with E-state index in [1.165, 1.54) is 34.9 Å². The molecule has 1 aromatic carbocycles. The Morgan fingerprint density at radius 1 is 1.25 bits per heavy atom. The quantitative estimate of drug-likeness (QED) is 0.561. The van der Waals surface area contributed by atoms with Gasteiger partial charge in [-0.1, -0.05) is 44.5 Å². The van der Waals surface area contributed by atoms with Crippen LogP contribution in [-0.4, -0.2) is 25.5 Å². The van der Waals surface area contributed by atoms with Crippen LogP contribution in [-0.2, 0) is 6.42 Å². The summed E-state index contributed by atoms with van der Waals surface area (Å²) in [6.07, 6.45) is 7.30. The van der Waals surface area contributed by atoms with Crippen molar-refractivity contribution in [1.29, 1.82) is 0 Å². The van der Waals surface area contributed by atoms with E-state index in [4.69, 9.17) is 0 Å². The third kappa shape index (κ3) is 7.19. The molecule has 0 unspecified atom stereocenters. The molecule has 0 aliphatic heterocycles. The van der Waals surface area contributed by atoms with Gasteiger partial charge in [0.05, 0.1) is 0 Å². The molecule has 0 spiro atoms. The van der Waals surface area contributed by atoms with Gasteiger partial charge in [-0.3, -0.25) is 0 Å². The molecule has 0 saturated heterocycles. The summed E-state index contributed by atoms with van der Waals surface area (Å²) in [5.74, 6) is 2.14. The maximum absolute atomic E-state index is 3.36. The largest absolute Gasteiger partial charge is 0.309 e. The summed E-state index contributed by atoms with van der Waals surface area (Å²) in [4.78, 5) is 2.23. The predicted molar refractivity (Wildman–Crippen MR) is 112 cm³/mol. The molecule has 1 nitrogen and oxygen atoms in total. The number of hydrogen-bond donors (Lipinski definition) is 0. The molecule has 0 N–H and O–H groups in total. The van der Waals surface area contributed by atoms with E-state index >= 15 is 0 Å². The summed E-state index contributed by atoms with van der Waals surface area (Å²) < 4.78 is 1.40. The van der Waals surface area contributed by atoms with Crippen molar-refractivity contribution in [2.75, 3.05) is 20.6 Å². The number of thiophene rings is 1. The Kier molecular flexibility index (Phi) is 9.97. The van der Waals surface area contributed by atoms with Crippen LogP contribution in [0.15, 0.2) is 42.3 Å². The van der Waals surface area contributed by atoms with Crippen molar-refractivity contribution in [1.82, 2.24) is 4.90 Å². The zero-order valence-electron chi connectivity index (χ0n) is 16.2. The summed E-state index contributed by atoms with van der Waals surface area (Å²) in [7, 11) is 4.24. The molecule has 1 aliphatic rings. The average molecular weight is 346 g/mol. The van der Waals surface area contributed by atoms with Crippen LogP contribution in [0.4, 0.5) is 0 Å². The summed E-state index contributed by atoms with van der Waals surface area (Å²) in [6.45, 7) is 11.0. The van der Waals surface area contributed by atoms with Crippen LogP contribution in [0.25, 0.3) is 10.1 Å². The standard InChI is InChI=1S/C12H15NS.C7H14.C3H6/c1-13(2)8-7-10-9-14-12-6-4-3-5-11(10)12;1-3-7-4-6(2)5-7;1-3-2/h3-6,9H,7-8H2,1-2H3;6-7H,3-5H2,1-2H3;3H,1H2,2H3. The number of fused-ring (bicyclic) bond motifs is 1. The van der Waals surface area contributed by atoms with Crippen LogP contribution in [0.1, 0.15) is 45.6 Å². The highest BCUT2D eigenvalue weighted by molar-refractivity contribution is 7.17. The van der Waals surface area contributed by atoms with Gasteiger partial charge in [-0.2, -0.15) is 0 Å². The number of rotatable bonds is 4. The van der Waals surface area contributed by atoms with Gasteiger partial charge in [-0.25, -0.2) is 0 Å². The second-order valence-corrected chi connectivity index (χ2v) is 7.98. The van der Waals surface area contributed by atoms with Gasteiger partial charge in [0.25, 0.3) is 0 Å². The van der Waals surface area contributed by atoms with Gasteiger partial charge in [-0.05, 0) is 74.5 Å². The van der Waals surface area contributed by atoms with E-state index in [0.29, 0.717) is 0 Å². The van der Waals surface area contributed by atoms with Gasteiger partial charge < -0.3 is 4.90 Å². The van der Waals surface area contributed by atoms with Gasteiger partial charge in [-0.15, -0.1) is 17.9 Å². The van der Waals surface area contributed by atoms with Crippen LogP contribution in [0, 0.1) is 11.8 Å². The Morgan fingerprint density at radius 2 is 1.88 bits per heavy atom. The Labute approximate surface area is 153 Å². The number of nitrogens with zero attached hydrogens (tertiary/aromatic N) is 1. The third-order valence-corrected chi connectivity index (χ3v) is 5.45. The van der Waals surface area contributed by atoms with Crippen molar-refractivity contribution >= 4 is 21.4 Å². The molecule has 1 saturated carbocycles. The van der Waals surface area contributed by atoms with E-state index in [0.717, 1.165) is 24.8 Å². The topological polar surface area (TPSA) is 3.24 Å². The smallest absolute Gasteiger partial charge is 0.0345 e. The minimum Gasteiger partial charge on any atom is -0.309 e. The fraction of sp³-hybridized carbons (Fsp3) is 0.545. The van der Waals surface area contributed by atoms with Crippen molar-refractivity contribution < 1.29 is 0 Å². The predicted octanol–water partition coefficient (Wildman–Crippen LogP) is 6.64. The van der Waals surface area contributed by atoms with Crippen molar-refractivity contribution in [3.05, 3.63) is 47.9 Å². The van der Waals surface area contributed by atoms with E-state index in [1.807, 2.05) is 18.3 Å². The molecule has 134 valence electrons. The maximum atomic E-state index is 3.36. The zero-order chi connectivity index (χ0) is 17.9. The lowest BCUT2D eigenvalue weighted by Crippen LogP contribution is -2.19. The SMILES string of the molecule is C=CC.CCC1CC(C)C1.CN(C)CCc1csc2ccccc12. The van der Waals surface area contributed by atoms with Crippen molar-refractivity contribution in [3.63, 3.8) is 0 Å². The van der Waals surface area contributed by atoms with E-state index < -0.39 is 0 Å². The first-order valence-corrected chi connectivity index (χ1v) is 10.1. The lowest BCUT2D eigenvalue weighted by molar-refractivity contribution is 0.206. The average Bonchev–Trinajstić information content (AvgIpc) is 2.94. The van der Waals surface area contributed by atoms with Crippen LogP contribution >= 0.6 is 11.3 Å². The number of hydrogen-bond acceptors (Lipinski definition) is 2. The summed E-state index contributed by atoms with van der Waals surface area (Å²) >= 11 is 1.85. The fourth-order valence-electron chi connectivity index (χ4n) is 2.97. The molecular weight excluding hydrogens is 310 g/mol. The fourth-order valence-corrected chi connectivity index (χ4v) is 3.97. The van der Waals surface area contributed by atoms with E-state index in [2.05, 4.69) is 69.1 Å². The number of likely N-dealkylation sites (N-methyl/N-ethyl adjacent to an activating group) is 1. The first-order valence-electron chi connectivity index (χ1n) is 9.18. The second kappa shape index (κ2) is 11.4. The summed E-state index contributed by atoms with van der Waals surface area (Å²) in [6, 6.07) is 8.64. The Morgan fingerprint density at radius 3 is 2.38 bits per heavy atom. The first kappa shape index (κ1) is 20.9. The molecule has 1 aromatic heterocycles. The minimum absolute atomic E-state index is 1.05. The van der Waals surface area contributed by atoms with Crippen molar-refractivity contribution in [3.8, 4) is 0 Å². The van der Waals surface area contributed by atoms with Gasteiger partial charge in [0.15, 0.2) is 0 Å². The molecular formula is C22H35NS. The molecule has 1 heterocycles. The van der Waals surface area contributed by atoms with Crippen LogP contribution < -0.4 is 0 Å². The molecule has 0 atom stereocenters. The molecule has 1 fully saturated rings. The molecule has 24 heavy (non-hydrogen) atoms. The second-order valence-electron chi connectivity index (χ2n) is 7.07. The molecule has 0 radical (unpaired) electrons. The highest BCUT2D eigenvalue weighted by Crippen LogP contribution is 2.34. The van der Waals surface area contributed by atoms with Gasteiger partial charge in [0, 0.05) is 11.2 Å². The Balaban J connectivity index is 0.000000241. The molecule has 0 bridgehead atoms. The zero-order valence-corrected chi connectivity index (χ0v) is 17.0. The highest BCUT2D eigenvalue weighted by atomic mass is 32.1. The van der Waals surface area contributed by atoms with Crippen molar-refractivity contribution in [2.24, 2.45) is 11.8 Å². The van der Waals surface area contributed by atoms with E-state index in [9.17, 15) is 0 Å². The molecule has 1 aliphatic carbocycles. The minimum atomic E-state index is 1.05. The monoisotopic (exact) mass is 345 g/mol. The van der Waals surface area contributed by atoms with Gasteiger partial charge in [0.2, 0.25) is 0 Å². The summed E-state index contributed by atoms with van der Waals surface area (Å²) in [5.41, 5.74) is 1.49. The Bertz CT molecular complexity index is 578. The lowest BCUT2D eigenvalue weighted by Gasteiger charge is -2.31. The van der Waals surface area contributed by atoms with Crippen LogP contribution in [0.5, 0.6) is 0 Å². The number of benzene rings is 1. The highest BCUT2D eigenvalue weighted by Gasteiger charge is 2.22. The number of allylic oxidation sites excluding steroid dienone is 1. The third-order valence-electron chi connectivity index (χ3n) is 4.44. The molecule has 2 aromatic rings. The van der Waals surface area contributed by atoms with Crippen LogP contribution in [0.2, 0.25) is 0 Å². The van der Waals surface area contributed by atoms with Crippen LogP contribution in [0.3, 0.4) is 0 Å². The van der Waals surface area contributed by atoms with E-state index in [1.54, 1.807) is 6.08 Å². The van der Waals surface area contributed by atoms with Crippen molar-refractivity contribution in [2.45, 2.75) is 46.5 Å². The summed E-state index contributed by atoms with van der Waals surface area (Å²) in [5, 5.41) is 3.72. The maximum Gasteiger partial charge on any atom is 0.0345 e.